The number of halogens is 1. The topological polar surface area (TPSA) is 64.3 Å². The van der Waals surface area contributed by atoms with Crippen molar-refractivity contribution in [1.29, 1.82) is 0 Å². The number of hydrogen-bond donors (Lipinski definition) is 2. The summed E-state index contributed by atoms with van der Waals surface area (Å²) in [7, 11) is 0. The maximum Gasteiger partial charge on any atom is 0.259 e. The Morgan fingerprint density at radius 3 is 2.86 bits per heavy atom. The van der Waals surface area contributed by atoms with Gasteiger partial charge in [-0.3, -0.25) is 10.2 Å². The minimum atomic E-state index is -0.364. The Balaban J connectivity index is 2.39. The third-order valence-corrected chi connectivity index (χ3v) is 1.98. The second-order valence-corrected chi connectivity index (χ2v) is 3.06. The second kappa shape index (κ2) is 5.59. The molecule has 0 heterocycles. The summed E-state index contributed by atoms with van der Waals surface area (Å²) in [6.07, 6.45) is 0. The lowest BCUT2D eigenvalue weighted by Crippen LogP contribution is -2.33. The Bertz CT molecular complexity index is 317. The van der Waals surface area contributed by atoms with Gasteiger partial charge in [0, 0.05) is 5.02 Å². The minimum absolute atomic E-state index is 0.0677. The average Bonchev–Trinajstić information content (AvgIpc) is 2.20. The molecule has 0 aromatic heterocycles. The molecule has 0 aliphatic heterocycles. The van der Waals surface area contributed by atoms with Gasteiger partial charge in [-0.2, -0.15) is 0 Å². The molecule has 0 unspecified atom stereocenters. The van der Waals surface area contributed by atoms with Gasteiger partial charge >= 0.3 is 0 Å². The van der Waals surface area contributed by atoms with Gasteiger partial charge < -0.3 is 4.74 Å². The zero-order valence-corrected chi connectivity index (χ0v) is 8.25. The van der Waals surface area contributed by atoms with Crippen LogP contribution < -0.4 is 11.3 Å². The lowest BCUT2D eigenvalue weighted by atomic mass is 10.2. The number of carbonyl (C=O) groups is 1. The molecule has 4 nitrogen and oxygen atoms in total. The Labute approximate surface area is 87.0 Å². The van der Waals surface area contributed by atoms with E-state index in [4.69, 9.17) is 22.2 Å². The fourth-order valence-corrected chi connectivity index (χ4v) is 1.10. The number of nitrogens with one attached hydrogen (secondary N) is 1. The van der Waals surface area contributed by atoms with Gasteiger partial charge in [0.05, 0.1) is 6.61 Å². The maximum atomic E-state index is 10.7. The van der Waals surface area contributed by atoms with Gasteiger partial charge in [0.1, 0.15) is 6.61 Å². The average molecular weight is 215 g/mol. The molecule has 0 saturated carbocycles. The van der Waals surface area contributed by atoms with Gasteiger partial charge in [-0.25, -0.2) is 5.84 Å². The zero-order chi connectivity index (χ0) is 10.4. The summed E-state index contributed by atoms with van der Waals surface area (Å²) in [4.78, 5) is 10.7. The first-order chi connectivity index (χ1) is 6.74. The monoisotopic (exact) mass is 214 g/mol. The van der Waals surface area contributed by atoms with Crippen molar-refractivity contribution in [2.75, 3.05) is 6.61 Å². The van der Waals surface area contributed by atoms with Crippen LogP contribution in [0.1, 0.15) is 5.56 Å². The highest BCUT2D eigenvalue weighted by molar-refractivity contribution is 6.31. The Morgan fingerprint density at radius 2 is 2.21 bits per heavy atom. The Kier molecular flexibility index (Phi) is 4.39. The van der Waals surface area contributed by atoms with E-state index in [1.54, 1.807) is 6.07 Å². The van der Waals surface area contributed by atoms with Crippen molar-refractivity contribution in [3.05, 3.63) is 34.9 Å². The van der Waals surface area contributed by atoms with Crippen LogP contribution in [-0.4, -0.2) is 12.5 Å². The van der Waals surface area contributed by atoms with Crippen LogP contribution in [0.2, 0.25) is 5.02 Å². The van der Waals surface area contributed by atoms with Crippen LogP contribution in [0.4, 0.5) is 0 Å². The smallest absolute Gasteiger partial charge is 0.259 e. The predicted octanol–water partition coefficient (Wildman–Crippen LogP) is 0.847. The molecule has 0 fully saturated rings. The van der Waals surface area contributed by atoms with Crippen molar-refractivity contribution < 1.29 is 9.53 Å². The van der Waals surface area contributed by atoms with Crippen LogP contribution in [0.5, 0.6) is 0 Å². The lowest BCUT2D eigenvalue weighted by molar-refractivity contribution is -0.126. The molecule has 1 amide bonds. The normalized spacial score (nSPS) is 9.86. The van der Waals surface area contributed by atoms with Crippen LogP contribution in [0.15, 0.2) is 24.3 Å². The molecule has 0 radical (unpaired) electrons. The van der Waals surface area contributed by atoms with E-state index in [0.717, 1.165) is 5.56 Å². The number of hydrogen-bond acceptors (Lipinski definition) is 3. The third kappa shape index (κ3) is 3.33. The highest BCUT2D eigenvalue weighted by atomic mass is 35.5. The Morgan fingerprint density at radius 1 is 1.50 bits per heavy atom. The molecule has 1 rings (SSSR count). The minimum Gasteiger partial charge on any atom is -0.367 e. The van der Waals surface area contributed by atoms with Crippen molar-refractivity contribution in [2.45, 2.75) is 6.61 Å². The van der Waals surface area contributed by atoms with Crippen LogP contribution >= 0.6 is 11.6 Å². The van der Waals surface area contributed by atoms with Crippen LogP contribution in [-0.2, 0) is 16.1 Å². The maximum absolute atomic E-state index is 10.7. The molecule has 14 heavy (non-hydrogen) atoms. The molecule has 1 aromatic carbocycles. The molecule has 0 aliphatic rings. The SMILES string of the molecule is NNC(=O)COCc1ccccc1Cl. The van der Waals surface area contributed by atoms with Gasteiger partial charge in [-0.05, 0) is 11.6 Å². The van der Waals surface area contributed by atoms with Gasteiger partial charge in [0.15, 0.2) is 0 Å². The van der Waals surface area contributed by atoms with Crippen molar-refractivity contribution in [2.24, 2.45) is 5.84 Å². The number of amides is 1. The van der Waals surface area contributed by atoms with E-state index >= 15 is 0 Å². The second-order valence-electron chi connectivity index (χ2n) is 2.65. The molecule has 5 heteroatoms. The standard InChI is InChI=1S/C9H11ClN2O2/c10-8-4-2-1-3-7(8)5-14-6-9(13)12-11/h1-4H,5-6,11H2,(H,12,13). The fraction of sp³-hybridized carbons (Fsp3) is 0.222. The fourth-order valence-electron chi connectivity index (χ4n) is 0.911. The molecule has 0 aliphatic carbocycles. The van der Waals surface area contributed by atoms with Crippen LogP contribution in [0, 0.1) is 0 Å². The number of carbonyl (C=O) groups excluding carboxylic acids is 1. The summed E-state index contributed by atoms with van der Waals surface area (Å²) in [5.41, 5.74) is 2.82. The zero-order valence-electron chi connectivity index (χ0n) is 7.50. The van der Waals surface area contributed by atoms with Crippen molar-refractivity contribution >= 4 is 17.5 Å². The molecule has 3 N–H and O–H groups in total. The lowest BCUT2D eigenvalue weighted by Gasteiger charge is -2.04. The number of nitrogens with two attached hydrogens (primary N) is 1. The first kappa shape index (κ1) is 11.0. The summed E-state index contributed by atoms with van der Waals surface area (Å²) in [5, 5.41) is 0.626. The first-order valence-electron chi connectivity index (χ1n) is 4.04. The van der Waals surface area contributed by atoms with E-state index in [1.807, 2.05) is 23.6 Å². The number of ether oxygens (including phenoxy) is 1. The molecular weight excluding hydrogens is 204 g/mol. The summed E-state index contributed by atoms with van der Waals surface area (Å²) < 4.78 is 5.08. The molecule has 0 atom stereocenters. The number of rotatable bonds is 4. The molecule has 0 bridgehead atoms. The van der Waals surface area contributed by atoms with Gasteiger partial charge in [-0.15, -0.1) is 0 Å². The summed E-state index contributed by atoms with van der Waals surface area (Å²) in [5.74, 6) is 4.51. The summed E-state index contributed by atoms with van der Waals surface area (Å²) in [6, 6.07) is 7.29. The van der Waals surface area contributed by atoms with Gasteiger partial charge in [0.25, 0.3) is 5.91 Å². The van der Waals surface area contributed by atoms with E-state index in [1.165, 1.54) is 0 Å². The highest BCUT2D eigenvalue weighted by Gasteiger charge is 2.01. The highest BCUT2D eigenvalue weighted by Crippen LogP contribution is 2.15. The van der Waals surface area contributed by atoms with Gasteiger partial charge in [-0.1, -0.05) is 29.8 Å². The third-order valence-electron chi connectivity index (χ3n) is 1.61. The predicted molar refractivity (Wildman–Crippen MR) is 53.4 cm³/mol. The molecular formula is C9H11ClN2O2. The van der Waals surface area contributed by atoms with Gasteiger partial charge in [0.2, 0.25) is 0 Å². The van der Waals surface area contributed by atoms with E-state index in [-0.39, 0.29) is 12.5 Å². The quantitative estimate of drug-likeness (QED) is 0.444. The van der Waals surface area contributed by atoms with Crippen molar-refractivity contribution in [3.63, 3.8) is 0 Å². The van der Waals surface area contributed by atoms with Crippen LogP contribution in [0.3, 0.4) is 0 Å². The number of benzene rings is 1. The largest absolute Gasteiger partial charge is 0.367 e. The van der Waals surface area contributed by atoms with E-state index in [0.29, 0.717) is 11.6 Å². The van der Waals surface area contributed by atoms with E-state index in [9.17, 15) is 4.79 Å². The molecule has 0 saturated heterocycles. The Hall–Kier alpha value is -1.10. The summed E-state index contributed by atoms with van der Waals surface area (Å²) in [6.45, 7) is 0.231. The first-order valence-corrected chi connectivity index (χ1v) is 4.42. The van der Waals surface area contributed by atoms with E-state index in [2.05, 4.69) is 0 Å². The van der Waals surface area contributed by atoms with E-state index < -0.39 is 0 Å². The molecule has 1 aromatic rings. The number of hydrazine groups is 1. The summed E-state index contributed by atoms with van der Waals surface area (Å²) >= 11 is 5.87. The molecule has 76 valence electrons. The van der Waals surface area contributed by atoms with Crippen LogP contribution in [0.25, 0.3) is 0 Å². The molecule has 0 spiro atoms. The van der Waals surface area contributed by atoms with Crippen molar-refractivity contribution in [3.8, 4) is 0 Å². The van der Waals surface area contributed by atoms with Crippen molar-refractivity contribution in [1.82, 2.24) is 5.43 Å².